The molecule has 1 aliphatic rings. The lowest BCUT2D eigenvalue weighted by Crippen LogP contribution is -2.47. The lowest BCUT2D eigenvalue weighted by Gasteiger charge is -2.34. The highest BCUT2D eigenvalue weighted by molar-refractivity contribution is 6.32. The number of carbonyl (C=O) groups excluding carboxylic acids is 1. The fourth-order valence-electron chi connectivity index (χ4n) is 5.65. The number of rotatable bonds is 13. The monoisotopic (exact) mass is 722 g/mol. The van der Waals surface area contributed by atoms with Gasteiger partial charge in [0.2, 0.25) is 11.8 Å². The first kappa shape index (κ1) is 35.9. The number of ether oxygens (including phenoxy) is 3. The first-order valence-corrected chi connectivity index (χ1v) is 17.7. The van der Waals surface area contributed by atoms with Crippen molar-refractivity contribution >= 4 is 35.2 Å². The van der Waals surface area contributed by atoms with Crippen LogP contribution >= 0.6 is 23.2 Å². The molecule has 0 atom stereocenters. The van der Waals surface area contributed by atoms with E-state index in [1.54, 1.807) is 42.7 Å². The van der Waals surface area contributed by atoms with Crippen molar-refractivity contribution in [3.8, 4) is 23.1 Å². The number of amides is 1. The van der Waals surface area contributed by atoms with Gasteiger partial charge in [-0.25, -0.2) is 9.97 Å². The molecule has 262 valence electrons. The Balaban J connectivity index is 0.931. The third-order valence-corrected chi connectivity index (χ3v) is 9.09. The summed E-state index contributed by atoms with van der Waals surface area (Å²) in [5.41, 5.74) is 6.41. The van der Waals surface area contributed by atoms with Crippen LogP contribution in [0.15, 0.2) is 103 Å². The van der Waals surface area contributed by atoms with Gasteiger partial charge in [0.05, 0.1) is 24.0 Å². The van der Waals surface area contributed by atoms with Crippen molar-refractivity contribution < 1.29 is 19.0 Å². The first-order valence-electron chi connectivity index (χ1n) is 16.9. The zero-order valence-corrected chi connectivity index (χ0v) is 30.2. The highest BCUT2D eigenvalue weighted by Crippen LogP contribution is 2.34. The Labute approximate surface area is 309 Å². The van der Waals surface area contributed by atoms with Crippen molar-refractivity contribution in [3.63, 3.8) is 0 Å². The van der Waals surface area contributed by atoms with E-state index in [1.807, 2.05) is 42.2 Å². The summed E-state index contributed by atoms with van der Waals surface area (Å²) in [5.74, 6) is 2.27. The van der Waals surface area contributed by atoms with Gasteiger partial charge in [0, 0.05) is 51.3 Å². The van der Waals surface area contributed by atoms with Gasteiger partial charge < -0.3 is 19.1 Å². The van der Waals surface area contributed by atoms with E-state index in [2.05, 4.69) is 58.2 Å². The van der Waals surface area contributed by atoms with Gasteiger partial charge in [0.15, 0.2) is 5.75 Å². The Bertz CT molecular complexity index is 1900. The molecule has 6 rings (SSSR count). The number of benzene rings is 3. The molecule has 5 aromatic rings. The topological polar surface area (TPSA) is 77.0 Å². The first-order chi connectivity index (χ1) is 24.8. The van der Waals surface area contributed by atoms with E-state index in [0.29, 0.717) is 59.6 Å². The second-order valence-electron chi connectivity index (χ2n) is 12.5. The maximum absolute atomic E-state index is 13.0. The minimum absolute atomic E-state index is 0.0152. The number of aryl methyl sites for hydroxylation is 2. The van der Waals surface area contributed by atoms with Gasteiger partial charge in [-0.1, -0.05) is 77.3 Å². The van der Waals surface area contributed by atoms with E-state index in [1.165, 1.54) is 16.7 Å². The fourth-order valence-corrected chi connectivity index (χ4v) is 6.08. The van der Waals surface area contributed by atoms with E-state index in [9.17, 15) is 4.79 Å². The summed E-state index contributed by atoms with van der Waals surface area (Å²) in [5, 5.41) is 0.889. The second kappa shape index (κ2) is 17.4. The summed E-state index contributed by atoms with van der Waals surface area (Å²) in [7, 11) is 0. The Kier molecular flexibility index (Phi) is 12.2. The zero-order chi connectivity index (χ0) is 35.6. The van der Waals surface area contributed by atoms with E-state index in [4.69, 9.17) is 37.4 Å². The molecule has 1 aliphatic heterocycles. The Morgan fingerprint density at radius 2 is 1.47 bits per heavy atom. The van der Waals surface area contributed by atoms with Gasteiger partial charge in [-0.2, -0.15) is 0 Å². The Morgan fingerprint density at radius 3 is 2.16 bits per heavy atom. The number of hydrogen-bond donors (Lipinski definition) is 0. The van der Waals surface area contributed by atoms with Crippen LogP contribution in [0.3, 0.4) is 0 Å². The van der Waals surface area contributed by atoms with Crippen LogP contribution in [0.25, 0.3) is 6.08 Å². The van der Waals surface area contributed by atoms with Crippen LogP contribution in [0.2, 0.25) is 10.2 Å². The van der Waals surface area contributed by atoms with Crippen LogP contribution in [-0.2, 0) is 24.4 Å². The predicted octanol–water partition coefficient (Wildman–Crippen LogP) is 8.75. The number of carbonyl (C=O) groups is 1. The largest absolute Gasteiger partial charge is 0.492 e. The molecule has 0 N–H and O–H groups in total. The predicted molar refractivity (Wildman–Crippen MR) is 202 cm³/mol. The molecule has 1 amide bonds. The van der Waals surface area contributed by atoms with Crippen molar-refractivity contribution in [2.24, 2.45) is 0 Å². The highest BCUT2D eigenvalue weighted by Gasteiger charge is 2.20. The van der Waals surface area contributed by atoms with Crippen molar-refractivity contribution in [1.82, 2.24) is 19.8 Å². The van der Waals surface area contributed by atoms with Crippen LogP contribution in [0.5, 0.6) is 23.1 Å². The molecule has 3 aromatic carbocycles. The third-order valence-electron chi connectivity index (χ3n) is 8.58. The normalized spacial score (nSPS) is 13.4. The average molecular weight is 724 g/mol. The van der Waals surface area contributed by atoms with Gasteiger partial charge >= 0.3 is 0 Å². The minimum atomic E-state index is -0.0152. The summed E-state index contributed by atoms with van der Waals surface area (Å²) in [4.78, 5) is 25.7. The maximum atomic E-state index is 13.0. The Hall–Kier alpha value is -4.89. The van der Waals surface area contributed by atoms with E-state index in [0.717, 1.165) is 42.7 Å². The summed E-state index contributed by atoms with van der Waals surface area (Å²) in [6.45, 7) is 8.83. The molecule has 8 nitrogen and oxygen atoms in total. The van der Waals surface area contributed by atoms with Gasteiger partial charge in [0.1, 0.15) is 23.3 Å². The lowest BCUT2D eigenvalue weighted by molar-refractivity contribution is -0.127. The number of hydrogen-bond acceptors (Lipinski definition) is 7. The summed E-state index contributed by atoms with van der Waals surface area (Å²) in [6, 6.07) is 27.7. The second-order valence-corrected chi connectivity index (χ2v) is 13.3. The molecule has 0 aliphatic carbocycles. The van der Waals surface area contributed by atoms with Crippen LogP contribution in [0.1, 0.15) is 33.4 Å². The quantitative estimate of drug-likeness (QED) is 0.0889. The molecule has 10 heteroatoms. The molecule has 0 unspecified atom stereocenters. The number of halogens is 2. The minimum Gasteiger partial charge on any atom is -0.492 e. The number of pyridine rings is 2. The smallest absolute Gasteiger partial charge is 0.246 e. The molecule has 0 radical (unpaired) electrons. The molecule has 0 spiro atoms. The van der Waals surface area contributed by atoms with Gasteiger partial charge in [-0.15, -0.1) is 0 Å². The molecule has 0 saturated carbocycles. The van der Waals surface area contributed by atoms with Crippen LogP contribution < -0.4 is 14.2 Å². The molecule has 1 saturated heterocycles. The van der Waals surface area contributed by atoms with Crippen LogP contribution in [-0.4, -0.2) is 58.5 Å². The number of nitrogens with zero attached hydrogens (tertiary/aromatic N) is 4. The van der Waals surface area contributed by atoms with Crippen molar-refractivity contribution in [3.05, 3.63) is 147 Å². The molecule has 0 bridgehead atoms. The number of piperazine rings is 1. The van der Waals surface area contributed by atoms with Gasteiger partial charge in [0.25, 0.3) is 0 Å². The van der Waals surface area contributed by atoms with Crippen molar-refractivity contribution in [2.75, 3.05) is 32.8 Å². The van der Waals surface area contributed by atoms with Crippen molar-refractivity contribution in [2.45, 2.75) is 33.4 Å². The van der Waals surface area contributed by atoms with Crippen LogP contribution in [0, 0.1) is 13.8 Å². The summed E-state index contributed by atoms with van der Waals surface area (Å²) in [6.07, 6.45) is 7.48. The molecule has 3 heterocycles. The molecule has 1 fully saturated rings. The van der Waals surface area contributed by atoms with Crippen LogP contribution in [0.4, 0.5) is 0 Å². The molecule has 2 aromatic heterocycles. The molecular formula is C41H40Cl2N4O4. The zero-order valence-electron chi connectivity index (χ0n) is 28.7. The van der Waals surface area contributed by atoms with E-state index >= 15 is 0 Å². The summed E-state index contributed by atoms with van der Waals surface area (Å²) >= 11 is 12.5. The van der Waals surface area contributed by atoms with Crippen molar-refractivity contribution in [1.29, 1.82) is 0 Å². The summed E-state index contributed by atoms with van der Waals surface area (Å²) < 4.78 is 17.6. The molecular weight excluding hydrogens is 683 g/mol. The Morgan fingerprint density at radius 1 is 0.784 bits per heavy atom. The van der Waals surface area contributed by atoms with Gasteiger partial charge in [-0.3, -0.25) is 9.69 Å². The standard InChI is InChI=1S/C41H40Cl2N4O4/c1-29-3-5-33(6-4-29)28-50-36-13-15-39(45-26-36)51-41-30(2)23-34(24-37(41)42)11-16-40(48)47-20-18-46(19-21-47)27-32-9-7-31(8-10-32)17-22-49-35-12-14-38(43)44-25-35/h3-16,23-26H,17-22,27-28H2,1-2H3/b16-11+. The number of aromatic nitrogens is 2. The lowest BCUT2D eigenvalue weighted by atomic mass is 10.1. The highest BCUT2D eigenvalue weighted by atomic mass is 35.5. The fraction of sp³-hybridized carbons (Fsp3) is 0.244. The van der Waals surface area contributed by atoms with E-state index < -0.39 is 0 Å². The maximum Gasteiger partial charge on any atom is 0.246 e. The van der Waals surface area contributed by atoms with Gasteiger partial charge in [-0.05, 0) is 78.1 Å². The average Bonchev–Trinajstić information content (AvgIpc) is 3.14. The van der Waals surface area contributed by atoms with E-state index in [-0.39, 0.29) is 5.91 Å². The SMILES string of the molecule is Cc1ccc(COc2ccc(Oc3c(C)cc(/C=C/C(=O)N4CCN(Cc5ccc(CCOc6ccc(Cl)nc6)cc5)CC4)cc3Cl)nc2)cc1. The molecule has 51 heavy (non-hydrogen) atoms. The third kappa shape index (κ3) is 10.6.